The second-order valence-electron chi connectivity index (χ2n) is 8.72. The lowest BCUT2D eigenvalue weighted by molar-refractivity contribution is 0.0611. The highest BCUT2D eigenvalue weighted by atomic mass is 35.5. The number of aromatic nitrogens is 1. The first-order chi connectivity index (χ1) is 16.6. The van der Waals surface area contributed by atoms with Crippen molar-refractivity contribution in [2.45, 2.75) is 11.3 Å². The number of piperazine rings is 1. The van der Waals surface area contributed by atoms with E-state index in [4.69, 9.17) is 16.3 Å². The molecule has 0 radical (unpaired) electrons. The van der Waals surface area contributed by atoms with Gasteiger partial charge in [-0.25, -0.2) is 4.72 Å². The first-order valence-corrected chi connectivity index (χ1v) is 13.0. The lowest BCUT2D eigenvalue weighted by Gasteiger charge is -2.35. The average molecular weight is 499 g/mol. The van der Waals surface area contributed by atoms with Gasteiger partial charge in [-0.3, -0.25) is 14.7 Å². The number of carbonyl (C=O) groups is 1. The molecule has 2 aliphatic heterocycles. The average Bonchev–Trinajstić information content (AvgIpc) is 3.37. The Morgan fingerprint density at radius 1 is 1.18 bits per heavy atom. The molecule has 1 aromatic heterocycles. The van der Waals surface area contributed by atoms with Crippen molar-refractivity contribution in [2.24, 2.45) is 5.92 Å². The minimum absolute atomic E-state index is 0.0697. The van der Waals surface area contributed by atoms with Crippen molar-refractivity contribution >= 4 is 45.5 Å². The van der Waals surface area contributed by atoms with Gasteiger partial charge in [0.1, 0.15) is 16.9 Å². The van der Waals surface area contributed by atoms with E-state index in [1.54, 1.807) is 30.5 Å². The quantitative estimate of drug-likeness (QED) is 0.520. The van der Waals surface area contributed by atoms with Crippen molar-refractivity contribution in [1.29, 1.82) is 0 Å². The molecule has 178 valence electrons. The number of fused-ring (bicyclic) bond motifs is 1. The van der Waals surface area contributed by atoms with Crippen LogP contribution in [-0.4, -0.2) is 71.2 Å². The third kappa shape index (κ3) is 5.16. The Morgan fingerprint density at radius 2 is 2.00 bits per heavy atom. The molecule has 2 atom stereocenters. The van der Waals surface area contributed by atoms with Crippen LogP contribution in [0.15, 0.2) is 59.6 Å². The zero-order chi connectivity index (χ0) is 23.5. The molecule has 1 N–H and O–H groups in total. The number of nitrogens with one attached hydrogen (secondary N) is 1. The number of pyridine rings is 1. The van der Waals surface area contributed by atoms with Gasteiger partial charge >= 0.3 is 0 Å². The zero-order valence-electron chi connectivity index (χ0n) is 18.8. The Hall–Kier alpha value is -2.36. The summed E-state index contributed by atoms with van der Waals surface area (Å²) in [5.41, 5.74) is 1.73. The number of nitrogens with zero attached hydrogens (tertiary/aromatic N) is 3. The minimum Gasteiger partial charge on any atom is -0.588 e. The van der Waals surface area contributed by atoms with Gasteiger partial charge in [-0.15, -0.1) is 0 Å². The Labute approximate surface area is 207 Å². The monoisotopic (exact) mass is 498 g/mol. The number of benzene rings is 2. The van der Waals surface area contributed by atoms with Gasteiger partial charge in [0.2, 0.25) is 4.90 Å². The van der Waals surface area contributed by atoms with E-state index in [9.17, 15) is 9.35 Å². The van der Waals surface area contributed by atoms with Crippen molar-refractivity contribution in [3.63, 3.8) is 0 Å². The maximum Gasteiger partial charge on any atom is 0.255 e. The van der Waals surface area contributed by atoms with Gasteiger partial charge in [-0.1, -0.05) is 29.8 Å². The summed E-state index contributed by atoms with van der Waals surface area (Å²) in [5.74, 6) is 0.534. The molecule has 2 fully saturated rings. The highest BCUT2D eigenvalue weighted by Gasteiger charge is 2.26. The van der Waals surface area contributed by atoms with E-state index in [1.807, 2.05) is 29.2 Å². The number of rotatable bonds is 6. The molecule has 3 heterocycles. The minimum atomic E-state index is -1.53. The number of hydrogen-bond acceptors (Lipinski definition) is 6. The van der Waals surface area contributed by atoms with E-state index in [2.05, 4.69) is 14.6 Å². The molecule has 3 aromatic rings. The largest absolute Gasteiger partial charge is 0.588 e. The van der Waals surface area contributed by atoms with Crippen LogP contribution in [-0.2, 0) is 16.1 Å². The van der Waals surface area contributed by atoms with Gasteiger partial charge in [0.05, 0.1) is 22.9 Å². The summed E-state index contributed by atoms with van der Waals surface area (Å²) in [5, 5.41) is 1.26. The predicted octanol–water partition coefficient (Wildman–Crippen LogP) is 3.82. The first-order valence-electron chi connectivity index (χ1n) is 11.5. The van der Waals surface area contributed by atoms with Gasteiger partial charge in [-0.2, -0.15) is 0 Å². The SMILES string of the molecule is O=C(c1ccc(N[S+]([O-])c2cccc3cccnc23)cc1Cl)N1CCN(CC2CCOC2)CC1. The molecule has 2 saturated heterocycles. The second-order valence-corrected chi connectivity index (χ2v) is 10.3. The normalized spacial score (nSPS) is 19.9. The van der Waals surface area contributed by atoms with Crippen LogP contribution in [0.1, 0.15) is 16.8 Å². The summed E-state index contributed by atoms with van der Waals surface area (Å²) in [7, 11) is 0. The molecular weight excluding hydrogens is 472 g/mol. The third-order valence-electron chi connectivity index (χ3n) is 6.41. The Balaban J connectivity index is 1.22. The maximum absolute atomic E-state index is 13.1. The second kappa shape index (κ2) is 10.5. The molecule has 34 heavy (non-hydrogen) atoms. The van der Waals surface area contributed by atoms with Crippen LogP contribution in [0.2, 0.25) is 5.02 Å². The number of ether oxygens (including phenoxy) is 1. The number of amides is 1. The highest BCUT2D eigenvalue weighted by Crippen LogP contribution is 2.27. The molecule has 0 saturated carbocycles. The van der Waals surface area contributed by atoms with Gasteiger partial charge in [0.15, 0.2) is 0 Å². The smallest absolute Gasteiger partial charge is 0.255 e. The summed E-state index contributed by atoms with van der Waals surface area (Å²) in [4.78, 5) is 22.3. The van der Waals surface area contributed by atoms with E-state index in [0.717, 1.165) is 44.7 Å². The van der Waals surface area contributed by atoms with Gasteiger partial charge in [-0.05, 0) is 42.7 Å². The zero-order valence-corrected chi connectivity index (χ0v) is 20.4. The van der Waals surface area contributed by atoms with Crippen LogP contribution in [0.25, 0.3) is 10.9 Å². The lowest BCUT2D eigenvalue weighted by atomic mass is 10.1. The third-order valence-corrected chi connectivity index (χ3v) is 7.87. The predicted molar refractivity (Wildman–Crippen MR) is 134 cm³/mol. The number of hydrogen-bond donors (Lipinski definition) is 1. The Kier molecular flexibility index (Phi) is 7.22. The van der Waals surface area contributed by atoms with Crippen LogP contribution in [0.4, 0.5) is 5.69 Å². The summed E-state index contributed by atoms with van der Waals surface area (Å²) < 4.78 is 21.4. The van der Waals surface area contributed by atoms with Crippen LogP contribution in [0.3, 0.4) is 0 Å². The van der Waals surface area contributed by atoms with E-state index in [1.165, 1.54) is 0 Å². The fraction of sp³-hybridized carbons (Fsp3) is 0.360. The molecule has 2 aromatic carbocycles. The number of anilines is 1. The molecule has 2 unspecified atom stereocenters. The fourth-order valence-electron chi connectivity index (χ4n) is 4.54. The van der Waals surface area contributed by atoms with Crippen LogP contribution < -0.4 is 4.72 Å². The molecule has 0 bridgehead atoms. The molecule has 9 heteroatoms. The van der Waals surface area contributed by atoms with E-state index in [0.29, 0.717) is 45.7 Å². The molecule has 0 aliphatic carbocycles. The van der Waals surface area contributed by atoms with Gasteiger partial charge < -0.3 is 14.2 Å². The number of halogens is 1. The van der Waals surface area contributed by atoms with E-state index < -0.39 is 11.4 Å². The summed E-state index contributed by atoms with van der Waals surface area (Å²) in [6.45, 7) is 5.82. The van der Waals surface area contributed by atoms with Crippen molar-refractivity contribution < 1.29 is 14.1 Å². The maximum atomic E-state index is 13.1. The molecule has 5 rings (SSSR count). The standard InChI is InChI=1S/C25H27ClN4O3S/c26-22-15-20(28-34(32)23-5-1-3-19-4-2-9-27-24(19)23)6-7-21(22)25(31)30-12-10-29(11-13-30)16-18-8-14-33-17-18/h1-7,9,15,18,28H,8,10-14,16-17H2. The van der Waals surface area contributed by atoms with Gasteiger partial charge in [0, 0.05) is 50.9 Å². The van der Waals surface area contributed by atoms with E-state index >= 15 is 0 Å². The van der Waals surface area contributed by atoms with Crippen molar-refractivity contribution in [1.82, 2.24) is 14.8 Å². The molecule has 0 spiro atoms. The van der Waals surface area contributed by atoms with Gasteiger partial charge in [0.25, 0.3) is 5.91 Å². The van der Waals surface area contributed by atoms with Crippen molar-refractivity contribution in [3.05, 3.63) is 65.3 Å². The summed E-state index contributed by atoms with van der Waals surface area (Å²) in [6.07, 6.45) is 2.81. The summed E-state index contributed by atoms with van der Waals surface area (Å²) in [6, 6.07) is 14.5. The lowest BCUT2D eigenvalue weighted by Crippen LogP contribution is -2.49. The van der Waals surface area contributed by atoms with E-state index in [-0.39, 0.29) is 5.91 Å². The van der Waals surface area contributed by atoms with Crippen LogP contribution in [0.5, 0.6) is 0 Å². The Morgan fingerprint density at radius 3 is 2.76 bits per heavy atom. The highest BCUT2D eigenvalue weighted by molar-refractivity contribution is 7.93. The van der Waals surface area contributed by atoms with Crippen LogP contribution in [0, 0.1) is 5.92 Å². The number of carbonyl (C=O) groups excluding carboxylic acids is 1. The number of para-hydroxylation sites is 1. The molecular formula is C25H27ClN4O3S. The molecule has 1 amide bonds. The molecule has 2 aliphatic rings. The van der Waals surface area contributed by atoms with Crippen molar-refractivity contribution in [2.75, 3.05) is 50.7 Å². The fourth-order valence-corrected chi connectivity index (χ4v) is 5.80. The first kappa shape index (κ1) is 23.4. The molecule has 7 nitrogen and oxygen atoms in total. The van der Waals surface area contributed by atoms with Crippen molar-refractivity contribution in [3.8, 4) is 0 Å². The van der Waals surface area contributed by atoms with Crippen LogP contribution >= 0.6 is 11.6 Å². The topological polar surface area (TPSA) is 80.8 Å². The Bertz CT molecular complexity index is 1160. The summed E-state index contributed by atoms with van der Waals surface area (Å²) >= 11 is 4.96.